The fourth-order valence-electron chi connectivity index (χ4n) is 4.08. The van der Waals surface area contributed by atoms with Crippen LogP contribution in [0.1, 0.15) is 11.3 Å². The molecule has 0 radical (unpaired) electrons. The van der Waals surface area contributed by atoms with E-state index >= 15 is 0 Å². The van der Waals surface area contributed by atoms with Crippen molar-refractivity contribution in [2.24, 2.45) is 0 Å². The van der Waals surface area contributed by atoms with Crippen LogP contribution in [-0.2, 0) is 13.0 Å². The molecular formula is C22H18FN7. The largest absolute Gasteiger partial charge is 0.358 e. The molecular weight excluding hydrogens is 381 g/mol. The van der Waals surface area contributed by atoms with Crippen molar-refractivity contribution >= 4 is 33.6 Å². The fourth-order valence-corrected chi connectivity index (χ4v) is 4.08. The molecule has 0 fully saturated rings. The van der Waals surface area contributed by atoms with Crippen LogP contribution in [0.15, 0.2) is 55.0 Å². The average Bonchev–Trinajstić information content (AvgIpc) is 3.36. The molecule has 6 rings (SSSR count). The van der Waals surface area contributed by atoms with E-state index in [1.807, 2.05) is 36.4 Å². The summed E-state index contributed by atoms with van der Waals surface area (Å²) in [5, 5.41) is 7.82. The van der Waals surface area contributed by atoms with Gasteiger partial charge in [-0.3, -0.25) is 4.57 Å². The molecule has 0 saturated carbocycles. The maximum absolute atomic E-state index is 14.5. The summed E-state index contributed by atoms with van der Waals surface area (Å²) >= 11 is 0. The summed E-state index contributed by atoms with van der Waals surface area (Å²) in [4.78, 5) is 16.4. The Kier molecular flexibility index (Phi) is 3.78. The molecule has 1 aliphatic rings. The number of benzene rings is 2. The van der Waals surface area contributed by atoms with Crippen LogP contribution in [0, 0.1) is 5.82 Å². The normalized spacial score (nSPS) is 13.6. The van der Waals surface area contributed by atoms with Crippen LogP contribution in [0.3, 0.4) is 0 Å². The molecule has 5 aromatic rings. The van der Waals surface area contributed by atoms with Crippen LogP contribution < -0.4 is 10.6 Å². The lowest BCUT2D eigenvalue weighted by molar-refractivity contribution is 0.604. The van der Waals surface area contributed by atoms with Gasteiger partial charge in [0.15, 0.2) is 11.6 Å². The summed E-state index contributed by atoms with van der Waals surface area (Å²) in [5.74, 6) is -0.0334. The van der Waals surface area contributed by atoms with Crippen LogP contribution in [0.2, 0.25) is 0 Å². The van der Waals surface area contributed by atoms with Crippen molar-refractivity contribution in [2.75, 3.05) is 11.9 Å². The molecule has 0 atom stereocenters. The molecule has 4 heterocycles. The van der Waals surface area contributed by atoms with Gasteiger partial charge in [-0.05, 0) is 29.8 Å². The van der Waals surface area contributed by atoms with E-state index in [4.69, 9.17) is 0 Å². The van der Waals surface area contributed by atoms with E-state index in [2.05, 4.69) is 36.6 Å². The zero-order valence-corrected chi connectivity index (χ0v) is 16.0. The molecule has 0 saturated heterocycles. The van der Waals surface area contributed by atoms with Gasteiger partial charge in [-0.15, -0.1) is 0 Å². The van der Waals surface area contributed by atoms with Gasteiger partial charge in [0, 0.05) is 41.8 Å². The Bertz CT molecular complexity index is 1400. The second-order valence-electron chi connectivity index (χ2n) is 7.36. The Labute approximate surface area is 171 Å². The molecule has 0 unspecified atom stereocenters. The van der Waals surface area contributed by atoms with E-state index in [-0.39, 0.29) is 5.82 Å². The third-order valence-electron chi connectivity index (χ3n) is 5.51. The van der Waals surface area contributed by atoms with Gasteiger partial charge in [-0.2, -0.15) is 4.98 Å². The number of rotatable bonds is 3. The van der Waals surface area contributed by atoms with Gasteiger partial charge >= 0.3 is 0 Å². The Morgan fingerprint density at radius 1 is 1.10 bits per heavy atom. The highest BCUT2D eigenvalue weighted by atomic mass is 19.1. The number of hydrogen-bond acceptors (Lipinski definition) is 5. The van der Waals surface area contributed by atoms with Gasteiger partial charge in [0.2, 0.25) is 5.95 Å². The molecule has 0 aliphatic carbocycles. The number of aromatic amines is 1. The summed E-state index contributed by atoms with van der Waals surface area (Å²) in [6.07, 6.45) is 3.75. The van der Waals surface area contributed by atoms with Crippen molar-refractivity contribution in [2.45, 2.75) is 13.0 Å². The molecule has 3 N–H and O–H groups in total. The molecule has 8 heteroatoms. The van der Waals surface area contributed by atoms with E-state index in [9.17, 15) is 4.39 Å². The summed E-state index contributed by atoms with van der Waals surface area (Å²) in [6, 6.07) is 13.7. The lowest BCUT2D eigenvalue weighted by atomic mass is 10.1. The maximum Gasteiger partial charge on any atom is 0.229 e. The van der Waals surface area contributed by atoms with Crippen molar-refractivity contribution in [3.63, 3.8) is 0 Å². The van der Waals surface area contributed by atoms with Crippen molar-refractivity contribution in [1.82, 2.24) is 29.8 Å². The lowest BCUT2D eigenvalue weighted by Gasteiger charge is -2.12. The molecule has 0 amide bonds. The van der Waals surface area contributed by atoms with Gasteiger partial charge < -0.3 is 15.6 Å². The van der Waals surface area contributed by atoms with E-state index in [0.29, 0.717) is 5.95 Å². The number of anilines is 2. The molecule has 7 nitrogen and oxygen atoms in total. The average molecular weight is 399 g/mol. The van der Waals surface area contributed by atoms with Gasteiger partial charge in [0.25, 0.3) is 0 Å². The molecule has 3 aromatic heterocycles. The second kappa shape index (κ2) is 6.64. The third-order valence-corrected chi connectivity index (χ3v) is 5.51. The minimum Gasteiger partial charge on any atom is -0.358 e. The highest BCUT2D eigenvalue weighted by Gasteiger charge is 2.16. The van der Waals surface area contributed by atoms with Gasteiger partial charge in [-0.25, -0.2) is 14.4 Å². The number of H-pyrrole nitrogens is 1. The number of hydrogen-bond donors (Lipinski definition) is 3. The summed E-state index contributed by atoms with van der Waals surface area (Å²) in [5.41, 5.74) is 6.08. The first-order chi connectivity index (χ1) is 14.8. The minimum atomic E-state index is -0.510. The topological polar surface area (TPSA) is 83.5 Å². The molecule has 1 aliphatic heterocycles. The van der Waals surface area contributed by atoms with Crippen molar-refractivity contribution < 1.29 is 4.39 Å². The van der Waals surface area contributed by atoms with E-state index < -0.39 is 5.82 Å². The number of fused-ring (bicyclic) bond motifs is 4. The first kappa shape index (κ1) is 17.1. The number of nitrogens with zero attached hydrogens (tertiary/aromatic N) is 4. The minimum absolute atomic E-state index is 0.156. The van der Waals surface area contributed by atoms with E-state index in [1.165, 1.54) is 22.8 Å². The predicted octanol–water partition coefficient (Wildman–Crippen LogP) is 3.83. The Morgan fingerprint density at radius 3 is 3.00 bits per heavy atom. The van der Waals surface area contributed by atoms with Crippen molar-refractivity contribution in [1.29, 1.82) is 0 Å². The van der Waals surface area contributed by atoms with Crippen LogP contribution in [0.25, 0.3) is 27.8 Å². The first-order valence-electron chi connectivity index (χ1n) is 9.82. The van der Waals surface area contributed by atoms with Crippen LogP contribution in [-0.4, -0.2) is 31.0 Å². The smallest absolute Gasteiger partial charge is 0.229 e. The fraction of sp³-hybridized carbons (Fsp3) is 0.136. The zero-order chi connectivity index (χ0) is 20.1. The number of para-hydroxylation sites is 2. The molecule has 2 aromatic carbocycles. The quantitative estimate of drug-likeness (QED) is 0.430. The summed E-state index contributed by atoms with van der Waals surface area (Å²) in [7, 11) is 0. The number of nitrogens with one attached hydrogen (secondary N) is 3. The molecule has 30 heavy (non-hydrogen) atoms. The SMILES string of the molecule is Fc1cnc(Nc2ccc3c4c([nH]c3c2)CCNC4)nc1-n1cnc2ccccc21. The summed E-state index contributed by atoms with van der Waals surface area (Å²) in [6.45, 7) is 1.87. The van der Waals surface area contributed by atoms with E-state index in [1.54, 1.807) is 10.9 Å². The Hall–Kier alpha value is -3.78. The Morgan fingerprint density at radius 2 is 2.03 bits per heavy atom. The summed E-state index contributed by atoms with van der Waals surface area (Å²) < 4.78 is 16.2. The van der Waals surface area contributed by atoms with Crippen LogP contribution in [0.5, 0.6) is 0 Å². The maximum atomic E-state index is 14.5. The first-order valence-corrected chi connectivity index (χ1v) is 9.82. The van der Waals surface area contributed by atoms with Crippen LogP contribution >= 0.6 is 0 Å². The number of imidazole rings is 1. The third kappa shape index (κ3) is 2.73. The van der Waals surface area contributed by atoms with Gasteiger partial charge in [-0.1, -0.05) is 18.2 Å². The van der Waals surface area contributed by atoms with Gasteiger partial charge in [0.1, 0.15) is 6.33 Å². The monoisotopic (exact) mass is 399 g/mol. The lowest BCUT2D eigenvalue weighted by Crippen LogP contribution is -2.22. The van der Waals surface area contributed by atoms with Crippen molar-refractivity contribution in [3.05, 3.63) is 72.1 Å². The number of aromatic nitrogens is 5. The Balaban J connectivity index is 1.37. The second-order valence-corrected chi connectivity index (χ2v) is 7.36. The standard InChI is InChI=1S/C22H18FN7/c23-16-11-25-22(29-21(16)30-12-26-18-3-1-2-4-20(18)30)27-13-5-6-14-15-10-24-8-7-17(15)28-19(14)9-13/h1-6,9,11-12,24,28H,7-8,10H2,(H,25,27,29). The zero-order valence-electron chi connectivity index (χ0n) is 16.0. The van der Waals surface area contributed by atoms with E-state index in [0.717, 1.165) is 41.7 Å². The van der Waals surface area contributed by atoms with Crippen LogP contribution in [0.4, 0.5) is 16.0 Å². The predicted molar refractivity (Wildman–Crippen MR) is 114 cm³/mol. The highest BCUT2D eigenvalue weighted by Crippen LogP contribution is 2.28. The van der Waals surface area contributed by atoms with Crippen molar-refractivity contribution in [3.8, 4) is 5.82 Å². The highest BCUT2D eigenvalue weighted by molar-refractivity contribution is 5.88. The molecule has 0 bridgehead atoms. The van der Waals surface area contributed by atoms with Gasteiger partial charge in [0.05, 0.1) is 17.2 Å². The number of halogens is 1. The molecule has 0 spiro atoms. The molecule has 148 valence electrons.